The molecule has 1 nitrogen and oxygen atoms in total. The summed E-state index contributed by atoms with van der Waals surface area (Å²) in [6.07, 6.45) is 0.747. The van der Waals surface area contributed by atoms with Gasteiger partial charge in [0.25, 0.3) is 0 Å². The summed E-state index contributed by atoms with van der Waals surface area (Å²) in [6, 6.07) is 8.26. The molecular weight excluding hydrogens is 204 g/mol. The molecule has 0 N–H and O–H groups in total. The van der Waals surface area contributed by atoms with Gasteiger partial charge in [-0.05, 0) is 24.6 Å². The van der Waals surface area contributed by atoms with Crippen molar-refractivity contribution in [1.29, 1.82) is 0 Å². The van der Waals surface area contributed by atoms with E-state index in [0.717, 1.165) is 4.47 Å². The number of hydrogen-bond acceptors (Lipinski definition) is 1. The molecule has 1 fully saturated rings. The molecule has 0 aliphatic carbocycles. The third-order valence-corrected chi connectivity index (χ3v) is 2.38. The summed E-state index contributed by atoms with van der Waals surface area (Å²) in [5, 5.41) is 0. The second kappa shape index (κ2) is 2.61. The van der Waals surface area contributed by atoms with Crippen molar-refractivity contribution < 1.29 is 4.74 Å². The van der Waals surface area contributed by atoms with Crippen LogP contribution in [0.25, 0.3) is 0 Å². The van der Waals surface area contributed by atoms with Crippen molar-refractivity contribution in [2.75, 3.05) is 0 Å². The van der Waals surface area contributed by atoms with Crippen LogP contribution in [0, 0.1) is 0 Å². The minimum absolute atomic E-state index is 0.340. The van der Waals surface area contributed by atoms with Crippen LogP contribution in [-0.4, -0.2) is 6.10 Å². The van der Waals surface area contributed by atoms with Gasteiger partial charge in [0.2, 0.25) is 0 Å². The quantitative estimate of drug-likeness (QED) is 0.653. The molecule has 1 heterocycles. The van der Waals surface area contributed by atoms with E-state index in [1.165, 1.54) is 5.56 Å². The zero-order valence-electron chi connectivity index (χ0n) is 6.25. The summed E-state index contributed by atoms with van der Waals surface area (Å²) in [6.45, 7) is 2.09. The van der Waals surface area contributed by atoms with E-state index in [0.29, 0.717) is 12.2 Å². The van der Waals surface area contributed by atoms with E-state index in [4.69, 9.17) is 4.74 Å². The minimum atomic E-state index is 0.340. The Morgan fingerprint density at radius 3 is 2.73 bits per heavy atom. The van der Waals surface area contributed by atoms with Gasteiger partial charge in [0, 0.05) is 4.47 Å². The molecule has 58 valence electrons. The summed E-state index contributed by atoms with van der Waals surface area (Å²) >= 11 is 3.42. The molecule has 11 heavy (non-hydrogen) atoms. The average molecular weight is 213 g/mol. The van der Waals surface area contributed by atoms with Crippen LogP contribution in [-0.2, 0) is 4.74 Å². The van der Waals surface area contributed by atoms with E-state index in [1.807, 2.05) is 12.1 Å². The van der Waals surface area contributed by atoms with Crippen LogP contribution in [0.3, 0.4) is 0 Å². The van der Waals surface area contributed by atoms with Crippen LogP contribution >= 0.6 is 15.9 Å². The Morgan fingerprint density at radius 2 is 2.18 bits per heavy atom. The number of rotatable bonds is 1. The molecule has 1 saturated heterocycles. The maximum Gasteiger partial charge on any atom is 0.109 e. The van der Waals surface area contributed by atoms with Crippen molar-refractivity contribution in [2.45, 2.75) is 19.1 Å². The first-order chi connectivity index (χ1) is 5.27. The van der Waals surface area contributed by atoms with Crippen LogP contribution in [0.15, 0.2) is 28.7 Å². The minimum Gasteiger partial charge on any atom is -0.365 e. The van der Waals surface area contributed by atoms with Crippen LogP contribution < -0.4 is 0 Å². The van der Waals surface area contributed by atoms with Gasteiger partial charge in [-0.3, -0.25) is 0 Å². The van der Waals surface area contributed by atoms with E-state index >= 15 is 0 Å². The topological polar surface area (TPSA) is 12.5 Å². The lowest BCUT2D eigenvalue weighted by Gasteiger charge is -1.94. The smallest absolute Gasteiger partial charge is 0.109 e. The fourth-order valence-electron chi connectivity index (χ4n) is 1.22. The van der Waals surface area contributed by atoms with E-state index in [1.54, 1.807) is 0 Å². The SMILES string of the molecule is C[C@H]1O[C@@H]1c1cccc(Br)c1. The average Bonchev–Trinajstić information content (AvgIpc) is 2.67. The summed E-state index contributed by atoms with van der Waals surface area (Å²) in [5.41, 5.74) is 1.27. The van der Waals surface area contributed by atoms with Gasteiger partial charge in [-0.2, -0.15) is 0 Å². The molecule has 1 aromatic carbocycles. The third-order valence-electron chi connectivity index (χ3n) is 1.89. The molecule has 2 heteroatoms. The predicted octanol–water partition coefficient (Wildman–Crippen LogP) is 2.91. The highest BCUT2D eigenvalue weighted by atomic mass is 79.9. The van der Waals surface area contributed by atoms with Crippen molar-refractivity contribution in [3.8, 4) is 0 Å². The monoisotopic (exact) mass is 212 g/mol. The van der Waals surface area contributed by atoms with E-state index in [9.17, 15) is 0 Å². The lowest BCUT2D eigenvalue weighted by atomic mass is 10.1. The highest BCUT2D eigenvalue weighted by molar-refractivity contribution is 9.10. The Bertz CT molecular complexity index is 272. The maximum atomic E-state index is 5.34. The van der Waals surface area contributed by atoms with Crippen LogP contribution in [0.4, 0.5) is 0 Å². The van der Waals surface area contributed by atoms with Crippen molar-refractivity contribution in [3.63, 3.8) is 0 Å². The van der Waals surface area contributed by atoms with E-state index in [2.05, 4.69) is 35.0 Å². The number of halogens is 1. The molecule has 0 spiro atoms. The standard InChI is InChI=1S/C9H9BrO/c1-6-9(11-6)7-3-2-4-8(10)5-7/h2-6,9H,1H3/t6-,9+/m1/s1. The van der Waals surface area contributed by atoms with Gasteiger partial charge in [0.15, 0.2) is 0 Å². The molecule has 0 bridgehead atoms. The molecule has 0 amide bonds. The third kappa shape index (κ3) is 1.47. The molecule has 0 unspecified atom stereocenters. The normalized spacial score (nSPS) is 28.5. The van der Waals surface area contributed by atoms with Gasteiger partial charge in [-0.15, -0.1) is 0 Å². The molecule has 1 aromatic rings. The Labute approximate surface area is 74.5 Å². The summed E-state index contributed by atoms with van der Waals surface area (Å²) in [4.78, 5) is 0. The molecule has 1 aliphatic heterocycles. The van der Waals surface area contributed by atoms with Crippen LogP contribution in [0.1, 0.15) is 18.6 Å². The number of ether oxygens (including phenoxy) is 1. The van der Waals surface area contributed by atoms with Crippen molar-refractivity contribution >= 4 is 15.9 Å². The lowest BCUT2D eigenvalue weighted by molar-refractivity contribution is 0.383. The maximum absolute atomic E-state index is 5.34. The van der Waals surface area contributed by atoms with Crippen molar-refractivity contribution in [2.24, 2.45) is 0 Å². The summed E-state index contributed by atoms with van der Waals surface area (Å²) < 4.78 is 6.46. The first-order valence-corrected chi connectivity index (χ1v) is 4.47. The first kappa shape index (κ1) is 7.32. The van der Waals surface area contributed by atoms with Gasteiger partial charge in [0.1, 0.15) is 6.10 Å². The van der Waals surface area contributed by atoms with Crippen molar-refractivity contribution in [3.05, 3.63) is 34.3 Å². The number of epoxide rings is 1. The van der Waals surface area contributed by atoms with E-state index in [-0.39, 0.29) is 0 Å². The van der Waals surface area contributed by atoms with Gasteiger partial charge in [0.05, 0.1) is 6.10 Å². The Balaban J connectivity index is 2.25. The van der Waals surface area contributed by atoms with Gasteiger partial charge < -0.3 is 4.74 Å². The highest BCUT2D eigenvalue weighted by Crippen LogP contribution is 2.38. The highest BCUT2D eigenvalue weighted by Gasteiger charge is 2.35. The zero-order chi connectivity index (χ0) is 7.84. The number of hydrogen-bond donors (Lipinski definition) is 0. The van der Waals surface area contributed by atoms with Gasteiger partial charge >= 0.3 is 0 Å². The molecule has 2 rings (SSSR count). The Kier molecular flexibility index (Phi) is 1.74. The molecule has 0 aromatic heterocycles. The fraction of sp³-hybridized carbons (Fsp3) is 0.333. The Morgan fingerprint density at radius 1 is 1.45 bits per heavy atom. The van der Waals surface area contributed by atoms with Crippen LogP contribution in [0.2, 0.25) is 0 Å². The summed E-state index contributed by atoms with van der Waals surface area (Å²) in [7, 11) is 0. The van der Waals surface area contributed by atoms with Gasteiger partial charge in [-0.1, -0.05) is 28.1 Å². The largest absolute Gasteiger partial charge is 0.365 e. The Hall–Kier alpha value is -0.340. The summed E-state index contributed by atoms with van der Waals surface area (Å²) in [5.74, 6) is 0. The lowest BCUT2D eigenvalue weighted by Crippen LogP contribution is -1.82. The number of benzene rings is 1. The second-order valence-electron chi connectivity index (χ2n) is 2.82. The fourth-order valence-corrected chi connectivity index (χ4v) is 1.64. The molecule has 1 aliphatic rings. The second-order valence-corrected chi connectivity index (χ2v) is 3.73. The van der Waals surface area contributed by atoms with Crippen LogP contribution in [0.5, 0.6) is 0 Å². The first-order valence-electron chi connectivity index (χ1n) is 3.68. The molecular formula is C9H9BrO. The van der Waals surface area contributed by atoms with Crippen molar-refractivity contribution in [1.82, 2.24) is 0 Å². The van der Waals surface area contributed by atoms with E-state index < -0.39 is 0 Å². The zero-order valence-corrected chi connectivity index (χ0v) is 7.84. The molecule has 0 radical (unpaired) electrons. The van der Waals surface area contributed by atoms with Gasteiger partial charge in [-0.25, -0.2) is 0 Å². The molecule has 2 atom stereocenters. The molecule has 0 saturated carbocycles. The predicted molar refractivity (Wildman–Crippen MR) is 47.4 cm³/mol.